The van der Waals surface area contributed by atoms with Crippen molar-refractivity contribution in [2.24, 2.45) is 0 Å². The highest BCUT2D eigenvalue weighted by atomic mass is 16.9. The van der Waals surface area contributed by atoms with Crippen LogP contribution in [0.2, 0.25) is 0 Å². The molecular formula is C24H34O7. The third-order valence-corrected chi connectivity index (χ3v) is 7.07. The normalized spacial score (nSPS) is 43.3. The van der Waals surface area contributed by atoms with E-state index >= 15 is 0 Å². The van der Waals surface area contributed by atoms with E-state index in [1.54, 1.807) is 0 Å². The smallest absolute Gasteiger partial charge is 0.201 e. The fourth-order valence-electron chi connectivity index (χ4n) is 5.26. The van der Waals surface area contributed by atoms with Gasteiger partial charge in [-0.15, -0.1) is 0 Å². The SMILES string of the molecule is C=COCCOCC1OC(c2ccccc2)OC2(C)[C@]1(C)O[C@]1(C)OC(C)(C)O[C@]21C. The molecule has 4 rings (SSSR count). The molecule has 0 saturated carbocycles. The van der Waals surface area contributed by atoms with Crippen molar-refractivity contribution in [2.75, 3.05) is 19.8 Å². The van der Waals surface area contributed by atoms with Crippen LogP contribution in [0.4, 0.5) is 0 Å². The maximum Gasteiger partial charge on any atom is 0.201 e. The molecular weight excluding hydrogens is 400 g/mol. The van der Waals surface area contributed by atoms with Crippen LogP contribution >= 0.6 is 0 Å². The summed E-state index contributed by atoms with van der Waals surface area (Å²) in [5.74, 6) is -1.84. The maximum absolute atomic E-state index is 6.69. The minimum absolute atomic E-state index is 0.300. The third kappa shape index (κ3) is 3.34. The highest BCUT2D eigenvalue weighted by Gasteiger charge is 2.83. The summed E-state index contributed by atoms with van der Waals surface area (Å²) in [4.78, 5) is 0. The quantitative estimate of drug-likeness (QED) is 0.473. The van der Waals surface area contributed by atoms with Crippen LogP contribution in [0.15, 0.2) is 43.2 Å². The molecule has 7 nitrogen and oxygen atoms in total. The summed E-state index contributed by atoms with van der Waals surface area (Å²) in [6.07, 6.45) is 0.361. The van der Waals surface area contributed by atoms with Crippen molar-refractivity contribution >= 4 is 0 Å². The van der Waals surface area contributed by atoms with Gasteiger partial charge in [0.1, 0.15) is 23.9 Å². The minimum Gasteiger partial charge on any atom is -0.499 e. The third-order valence-electron chi connectivity index (χ3n) is 7.07. The lowest BCUT2D eigenvalue weighted by molar-refractivity contribution is -0.387. The van der Waals surface area contributed by atoms with Crippen LogP contribution in [0.25, 0.3) is 0 Å². The van der Waals surface area contributed by atoms with Crippen molar-refractivity contribution in [3.05, 3.63) is 48.7 Å². The van der Waals surface area contributed by atoms with Gasteiger partial charge in [0, 0.05) is 5.56 Å². The van der Waals surface area contributed by atoms with E-state index in [9.17, 15) is 0 Å². The molecule has 0 bridgehead atoms. The van der Waals surface area contributed by atoms with Gasteiger partial charge in [0.25, 0.3) is 0 Å². The molecule has 172 valence electrons. The molecule has 3 saturated heterocycles. The van der Waals surface area contributed by atoms with Crippen molar-refractivity contribution < 1.29 is 33.2 Å². The number of fused-ring (bicyclic) bond motifs is 3. The summed E-state index contributed by atoms with van der Waals surface area (Å²) < 4.78 is 43.6. The first kappa shape index (κ1) is 22.7. The zero-order chi connectivity index (χ0) is 22.5. The van der Waals surface area contributed by atoms with Gasteiger partial charge in [0.2, 0.25) is 5.79 Å². The van der Waals surface area contributed by atoms with E-state index in [2.05, 4.69) is 6.58 Å². The molecule has 31 heavy (non-hydrogen) atoms. The minimum atomic E-state index is -1.03. The Morgan fingerprint density at radius 2 is 1.65 bits per heavy atom. The van der Waals surface area contributed by atoms with E-state index in [4.69, 9.17) is 33.2 Å². The molecule has 0 spiro atoms. The van der Waals surface area contributed by atoms with Gasteiger partial charge in [-0.2, -0.15) is 0 Å². The predicted molar refractivity (Wildman–Crippen MR) is 113 cm³/mol. The van der Waals surface area contributed by atoms with Gasteiger partial charge in [-0.1, -0.05) is 36.9 Å². The molecule has 3 aliphatic heterocycles. The van der Waals surface area contributed by atoms with Gasteiger partial charge < -0.3 is 33.2 Å². The first-order valence-corrected chi connectivity index (χ1v) is 10.8. The van der Waals surface area contributed by atoms with Crippen LogP contribution in [-0.4, -0.2) is 54.3 Å². The highest BCUT2D eigenvalue weighted by Crippen LogP contribution is 2.65. The van der Waals surface area contributed by atoms with Crippen LogP contribution < -0.4 is 0 Å². The first-order valence-electron chi connectivity index (χ1n) is 10.8. The Balaban J connectivity index is 1.69. The van der Waals surface area contributed by atoms with Gasteiger partial charge in [0.05, 0.1) is 19.5 Å². The second kappa shape index (κ2) is 7.54. The second-order valence-corrected chi connectivity index (χ2v) is 9.42. The molecule has 0 amide bonds. The standard InChI is InChI=1S/C24H34O7/c1-8-25-14-15-26-16-18-21(4)22(5,28-19(27-18)17-12-10-9-11-13-17)23(6)24(7,31-21)30-20(2,3)29-23/h8-13,18-19H,1,14-16H2,2-7H3/t18?,19?,21-,22?,23-,24+/m1/s1. The fraction of sp³-hybridized carbons (Fsp3) is 0.667. The van der Waals surface area contributed by atoms with Gasteiger partial charge in [0.15, 0.2) is 17.7 Å². The summed E-state index contributed by atoms with van der Waals surface area (Å²) in [6.45, 7) is 16.4. The molecule has 1 aromatic carbocycles. The van der Waals surface area contributed by atoms with Crippen molar-refractivity contribution in [1.29, 1.82) is 0 Å². The number of hydrogen-bond donors (Lipinski definition) is 0. The average Bonchev–Trinajstić information content (AvgIpc) is 2.96. The molecule has 0 radical (unpaired) electrons. The molecule has 3 aliphatic rings. The first-order chi connectivity index (χ1) is 14.5. The molecule has 0 aliphatic carbocycles. The van der Waals surface area contributed by atoms with E-state index < -0.39 is 40.8 Å². The molecule has 6 atom stereocenters. The molecule has 0 N–H and O–H groups in total. The summed E-state index contributed by atoms with van der Waals surface area (Å²) in [7, 11) is 0. The topological polar surface area (TPSA) is 64.6 Å². The second-order valence-electron chi connectivity index (χ2n) is 9.42. The molecule has 3 fully saturated rings. The Kier molecular flexibility index (Phi) is 5.52. The average molecular weight is 435 g/mol. The van der Waals surface area contributed by atoms with E-state index in [0.29, 0.717) is 19.8 Å². The van der Waals surface area contributed by atoms with Gasteiger partial charge in [-0.05, 0) is 41.5 Å². The highest BCUT2D eigenvalue weighted by molar-refractivity contribution is 5.27. The van der Waals surface area contributed by atoms with Crippen molar-refractivity contribution in [3.8, 4) is 0 Å². The van der Waals surface area contributed by atoms with Crippen molar-refractivity contribution in [3.63, 3.8) is 0 Å². The summed E-state index contributed by atoms with van der Waals surface area (Å²) in [5, 5.41) is 0. The van der Waals surface area contributed by atoms with Gasteiger partial charge in [-0.3, -0.25) is 0 Å². The number of benzene rings is 1. The zero-order valence-corrected chi connectivity index (χ0v) is 19.3. The predicted octanol–water partition coefficient (Wildman–Crippen LogP) is 4.08. The number of ether oxygens (including phenoxy) is 7. The fourth-order valence-corrected chi connectivity index (χ4v) is 5.26. The van der Waals surface area contributed by atoms with Crippen LogP contribution in [0.1, 0.15) is 53.4 Å². The van der Waals surface area contributed by atoms with Crippen LogP contribution in [-0.2, 0) is 33.2 Å². The van der Waals surface area contributed by atoms with Crippen molar-refractivity contribution in [2.45, 2.75) is 82.3 Å². The summed E-state index contributed by atoms with van der Waals surface area (Å²) in [6, 6.07) is 9.86. The number of rotatable bonds is 7. The Morgan fingerprint density at radius 1 is 0.935 bits per heavy atom. The maximum atomic E-state index is 6.69. The van der Waals surface area contributed by atoms with E-state index in [0.717, 1.165) is 5.56 Å². The Hall–Kier alpha value is -1.48. The van der Waals surface area contributed by atoms with E-state index in [1.165, 1.54) is 6.26 Å². The Bertz CT molecular complexity index is 813. The lowest BCUT2D eigenvalue weighted by Crippen LogP contribution is -2.70. The lowest BCUT2D eigenvalue weighted by Gasteiger charge is -2.54. The van der Waals surface area contributed by atoms with Crippen LogP contribution in [0.3, 0.4) is 0 Å². The Labute approximate surface area is 184 Å². The van der Waals surface area contributed by atoms with Gasteiger partial charge >= 0.3 is 0 Å². The molecule has 3 unspecified atom stereocenters. The molecule has 7 heteroatoms. The van der Waals surface area contributed by atoms with Crippen molar-refractivity contribution in [1.82, 2.24) is 0 Å². The molecule has 3 heterocycles. The van der Waals surface area contributed by atoms with Crippen LogP contribution in [0, 0.1) is 0 Å². The summed E-state index contributed by atoms with van der Waals surface area (Å²) in [5.41, 5.74) is -1.76. The van der Waals surface area contributed by atoms with E-state index in [-0.39, 0.29) is 0 Å². The van der Waals surface area contributed by atoms with Gasteiger partial charge in [-0.25, -0.2) is 0 Å². The monoisotopic (exact) mass is 434 g/mol. The van der Waals surface area contributed by atoms with E-state index in [1.807, 2.05) is 71.9 Å². The Morgan fingerprint density at radius 3 is 2.32 bits per heavy atom. The largest absolute Gasteiger partial charge is 0.499 e. The number of hydrogen-bond acceptors (Lipinski definition) is 7. The lowest BCUT2D eigenvalue weighted by atomic mass is 9.70. The van der Waals surface area contributed by atoms with Crippen LogP contribution in [0.5, 0.6) is 0 Å². The molecule has 0 aromatic heterocycles. The molecule has 1 aromatic rings. The summed E-state index contributed by atoms with van der Waals surface area (Å²) >= 11 is 0. The zero-order valence-electron chi connectivity index (χ0n) is 19.3.